The minimum Gasteiger partial charge on any atom is -0.462 e. The molecule has 0 saturated carbocycles. The molecule has 1 aliphatic rings. The molecule has 2 heterocycles. The van der Waals surface area contributed by atoms with Crippen molar-refractivity contribution in [3.8, 4) is 5.75 Å². The first kappa shape index (κ1) is 19.0. The molecular formula is C20H21ClN2O4. The number of hydrogen-bond donors (Lipinski definition) is 2. The molecule has 6 nitrogen and oxygen atoms in total. The number of fused-ring (bicyclic) bond motifs is 1. The predicted molar refractivity (Wildman–Crippen MR) is 103 cm³/mol. The summed E-state index contributed by atoms with van der Waals surface area (Å²) in [5.74, 6) is -1.02. The quantitative estimate of drug-likeness (QED) is 0.767. The summed E-state index contributed by atoms with van der Waals surface area (Å²) in [6, 6.07) is 8.68. The van der Waals surface area contributed by atoms with Gasteiger partial charge in [0.15, 0.2) is 0 Å². The Hall–Kier alpha value is -2.73. The van der Waals surface area contributed by atoms with Crippen LogP contribution in [0.1, 0.15) is 43.0 Å². The average Bonchev–Trinajstić information content (AvgIpc) is 2.61. The normalized spacial score (nSPS) is 15.9. The van der Waals surface area contributed by atoms with Gasteiger partial charge in [0, 0.05) is 16.8 Å². The fraction of sp³-hybridized carbons (Fsp3) is 0.300. The van der Waals surface area contributed by atoms with Gasteiger partial charge in [0.05, 0.1) is 18.1 Å². The van der Waals surface area contributed by atoms with Gasteiger partial charge in [-0.3, -0.25) is 4.79 Å². The van der Waals surface area contributed by atoms with Crippen molar-refractivity contribution in [2.75, 3.05) is 6.61 Å². The summed E-state index contributed by atoms with van der Waals surface area (Å²) < 4.78 is 10.8. The van der Waals surface area contributed by atoms with Gasteiger partial charge < -0.3 is 20.2 Å². The standard InChI is InChI=1S/C20H21ClN2O4/c1-3-5-13-10-14-16(19(24)23-13)15(11-6-8-12(21)9-7-11)17(18(22)27-14)20(25)26-4-2/h6-10,15H,3-5,22H2,1-2H3,(H,23,24). The number of ether oxygens (including phenoxy) is 2. The first-order chi connectivity index (χ1) is 13.0. The summed E-state index contributed by atoms with van der Waals surface area (Å²) in [6.45, 7) is 3.90. The fourth-order valence-corrected chi connectivity index (χ4v) is 3.36. The zero-order valence-corrected chi connectivity index (χ0v) is 15.9. The lowest BCUT2D eigenvalue weighted by Crippen LogP contribution is -2.32. The maximum absolute atomic E-state index is 12.9. The first-order valence-electron chi connectivity index (χ1n) is 8.82. The van der Waals surface area contributed by atoms with Crippen LogP contribution in [-0.4, -0.2) is 17.6 Å². The van der Waals surface area contributed by atoms with E-state index < -0.39 is 11.9 Å². The largest absolute Gasteiger partial charge is 0.462 e. The first-order valence-corrected chi connectivity index (χ1v) is 9.20. The number of aromatic nitrogens is 1. The van der Waals surface area contributed by atoms with Crippen molar-refractivity contribution in [3.05, 3.63) is 74.0 Å². The van der Waals surface area contributed by atoms with E-state index in [0.29, 0.717) is 28.3 Å². The van der Waals surface area contributed by atoms with Crippen molar-refractivity contribution < 1.29 is 14.3 Å². The summed E-state index contributed by atoms with van der Waals surface area (Å²) in [7, 11) is 0. The Balaban J connectivity index is 2.22. The number of halogens is 1. The maximum Gasteiger partial charge on any atom is 0.340 e. The van der Waals surface area contributed by atoms with E-state index in [9.17, 15) is 9.59 Å². The van der Waals surface area contributed by atoms with Crippen molar-refractivity contribution in [2.24, 2.45) is 5.73 Å². The Kier molecular flexibility index (Phi) is 5.56. The highest BCUT2D eigenvalue weighted by atomic mass is 35.5. The zero-order valence-electron chi connectivity index (χ0n) is 15.2. The Bertz CT molecular complexity index is 947. The molecule has 7 heteroatoms. The van der Waals surface area contributed by atoms with Crippen LogP contribution < -0.4 is 16.0 Å². The number of hydrogen-bond acceptors (Lipinski definition) is 5. The van der Waals surface area contributed by atoms with E-state index in [1.807, 2.05) is 6.92 Å². The number of carbonyl (C=O) groups excluding carboxylic acids is 1. The summed E-state index contributed by atoms with van der Waals surface area (Å²) in [5, 5.41) is 0.549. The van der Waals surface area contributed by atoms with E-state index in [2.05, 4.69) is 4.98 Å². The number of aromatic amines is 1. The molecule has 0 fully saturated rings. The third-order valence-corrected chi connectivity index (χ3v) is 4.62. The second-order valence-corrected chi connectivity index (χ2v) is 6.67. The number of pyridine rings is 1. The van der Waals surface area contributed by atoms with Gasteiger partial charge in [0.2, 0.25) is 5.88 Å². The van der Waals surface area contributed by atoms with Crippen molar-refractivity contribution in [2.45, 2.75) is 32.6 Å². The number of nitrogens with two attached hydrogens (primary N) is 1. The molecule has 0 spiro atoms. The topological polar surface area (TPSA) is 94.4 Å². The molecule has 0 radical (unpaired) electrons. The van der Waals surface area contributed by atoms with Crippen molar-refractivity contribution in [3.63, 3.8) is 0 Å². The number of esters is 1. The van der Waals surface area contributed by atoms with Crippen LogP contribution in [0.2, 0.25) is 5.02 Å². The summed E-state index contributed by atoms with van der Waals surface area (Å²) >= 11 is 5.99. The van der Waals surface area contributed by atoms with Gasteiger partial charge in [0.25, 0.3) is 5.56 Å². The minimum atomic E-state index is -0.704. The van der Waals surface area contributed by atoms with Crippen LogP contribution in [0.15, 0.2) is 46.6 Å². The third-order valence-electron chi connectivity index (χ3n) is 4.37. The van der Waals surface area contributed by atoms with Crippen molar-refractivity contribution in [1.82, 2.24) is 4.98 Å². The molecule has 142 valence electrons. The molecule has 2 aromatic rings. The molecule has 1 atom stereocenters. The highest BCUT2D eigenvalue weighted by molar-refractivity contribution is 6.30. The van der Waals surface area contributed by atoms with Gasteiger partial charge >= 0.3 is 5.97 Å². The van der Waals surface area contributed by atoms with Crippen LogP contribution in [-0.2, 0) is 16.0 Å². The summed E-state index contributed by atoms with van der Waals surface area (Å²) in [5.41, 5.74) is 7.65. The highest BCUT2D eigenvalue weighted by Gasteiger charge is 2.37. The molecule has 3 N–H and O–H groups in total. The molecule has 0 bridgehead atoms. The van der Waals surface area contributed by atoms with Crippen molar-refractivity contribution >= 4 is 17.6 Å². The average molecular weight is 389 g/mol. The molecule has 1 unspecified atom stereocenters. The van der Waals surface area contributed by atoms with Gasteiger partial charge in [-0.05, 0) is 31.0 Å². The van der Waals surface area contributed by atoms with E-state index in [-0.39, 0.29) is 23.6 Å². The Morgan fingerprint density at radius 2 is 2.00 bits per heavy atom. The number of aryl methyl sites for hydroxylation is 1. The van der Waals surface area contributed by atoms with Crippen LogP contribution in [0, 0.1) is 0 Å². The maximum atomic E-state index is 12.9. The van der Waals surface area contributed by atoms with E-state index in [0.717, 1.165) is 12.1 Å². The second-order valence-electron chi connectivity index (χ2n) is 6.24. The number of H-pyrrole nitrogens is 1. The molecule has 1 aromatic carbocycles. The smallest absolute Gasteiger partial charge is 0.340 e. The van der Waals surface area contributed by atoms with E-state index in [4.69, 9.17) is 26.8 Å². The zero-order chi connectivity index (χ0) is 19.6. The Morgan fingerprint density at radius 1 is 1.30 bits per heavy atom. The molecule has 3 rings (SSSR count). The van der Waals surface area contributed by atoms with Crippen LogP contribution in [0.5, 0.6) is 5.75 Å². The monoisotopic (exact) mass is 388 g/mol. The van der Waals surface area contributed by atoms with Crippen molar-refractivity contribution in [1.29, 1.82) is 0 Å². The number of carbonyl (C=O) groups is 1. The Labute approximate surface area is 161 Å². The number of benzene rings is 1. The van der Waals surface area contributed by atoms with Crippen LogP contribution in [0.25, 0.3) is 0 Å². The summed E-state index contributed by atoms with van der Waals surface area (Å²) in [6.07, 6.45) is 1.57. The van der Waals surface area contributed by atoms with Gasteiger partial charge in [-0.15, -0.1) is 0 Å². The van der Waals surface area contributed by atoms with E-state index in [1.165, 1.54) is 0 Å². The summed E-state index contributed by atoms with van der Waals surface area (Å²) in [4.78, 5) is 28.3. The highest BCUT2D eigenvalue weighted by Crippen LogP contribution is 2.41. The molecule has 0 amide bonds. The third kappa shape index (κ3) is 3.71. The molecule has 0 saturated heterocycles. The lowest BCUT2D eigenvalue weighted by Gasteiger charge is -2.28. The lowest BCUT2D eigenvalue weighted by molar-refractivity contribution is -0.139. The second kappa shape index (κ2) is 7.88. The molecule has 0 aliphatic carbocycles. The van der Waals surface area contributed by atoms with Gasteiger partial charge in [0.1, 0.15) is 11.3 Å². The minimum absolute atomic E-state index is 0.0612. The van der Waals surface area contributed by atoms with Gasteiger partial charge in [-0.25, -0.2) is 4.79 Å². The SMILES string of the molecule is CCCc1cc2c(c(=O)[nH]1)C(c1ccc(Cl)cc1)C(C(=O)OCC)=C(N)O2. The number of rotatable bonds is 5. The molecule has 1 aliphatic heterocycles. The lowest BCUT2D eigenvalue weighted by atomic mass is 9.83. The van der Waals surface area contributed by atoms with Gasteiger partial charge in [-0.1, -0.05) is 37.1 Å². The fourth-order valence-electron chi connectivity index (χ4n) is 3.23. The predicted octanol–water partition coefficient (Wildman–Crippen LogP) is 3.24. The molecular weight excluding hydrogens is 368 g/mol. The van der Waals surface area contributed by atoms with E-state index >= 15 is 0 Å². The molecule has 1 aromatic heterocycles. The van der Waals surface area contributed by atoms with Crippen LogP contribution in [0.4, 0.5) is 0 Å². The Morgan fingerprint density at radius 3 is 2.63 bits per heavy atom. The van der Waals surface area contributed by atoms with Crippen LogP contribution in [0.3, 0.4) is 0 Å². The van der Waals surface area contributed by atoms with E-state index in [1.54, 1.807) is 37.3 Å². The van der Waals surface area contributed by atoms with Crippen LogP contribution >= 0.6 is 11.6 Å². The van der Waals surface area contributed by atoms with Gasteiger partial charge in [-0.2, -0.15) is 0 Å². The molecule has 27 heavy (non-hydrogen) atoms. The number of nitrogens with one attached hydrogen (secondary N) is 1.